The first kappa shape index (κ1) is 16.3. The van der Waals surface area contributed by atoms with Gasteiger partial charge >= 0.3 is 19.1 Å². The lowest BCUT2D eigenvalue weighted by Gasteiger charge is -2.08. The number of nitro groups is 2. The van der Waals surface area contributed by atoms with Crippen LogP contribution in [0.1, 0.15) is 11.1 Å². The molecule has 0 spiro atoms. The van der Waals surface area contributed by atoms with Crippen molar-refractivity contribution in [1.82, 2.24) is 0 Å². The van der Waals surface area contributed by atoms with Gasteiger partial charge < -0.3 is 9.31 Å². The van der Waals surface area contributed by atoms with Crippen LogP contribution in [0.15, 0.2) is 36.4 Å². The van der Waals surface area contributed by atoms with Gasteiger partial charge in [-0.25, -0.2) is 0 Å². The molecule has 1 radical (unpaired) electrons. The highest BCUT2D eigenvalue weighted by Crippen LogP contribution is 2.29. The molecule has 2 aromatic carbocycles. The highest BCUT2D eigenvalue weighted by atomic mass is 16.6. The normalized spacial score (nSPS) is 10.0. The number of rotatable bonds is 6. The minimum absolute atomic E-state index is 0.0182. The molecule has 0 aliphatic carbocycles. The van der Waals surface area contributed by atoms with E-state index in [0.29, 0.717) is 11.1 Å². The zero-order valence-electron chi connectivity index (χ0n) is 12.4. The van der Waals surface area contributed by atoms with Crippen LogP contribution in [0.5, 0.6) is 11.5 Å². The van der Waals surface area contributed by atoms with Crippen molar-refractivity contribution in [3.05, 3.63) is 67.8 Å². The van der Waals surface area contributed by atoms with Gasteiger partial charge in [-0.15, -0.1) is 0 Å². The number of nitro benzene ring substituents is 2. The monoisotopic (exact) mass is 315 g/mol. The van der Waals surface area contributed by atoms with E-state index < -0.39 is 9.85 Å². The molecule has 2 aromatic rings. The molecule has 2 rings (SSSR count). The van der Waals surface area contributed by atoms with Crippen LogP contribution in [-0.2, 0) is 0 Å². The lowest BCUT2D eigenvalue weighted by atomic mass is 10.2. The Morgan fingerprint density at radius 1 is 0.826 bits per heavy atom. The van der Waals surface area contributed by atoms with Gasteiger partial charge in [-0.2, -0.15) is 0 Å². The summed E-state index contributed by atoms with van der Waals surface area (Å²) in [6, 6.07) is 8.86. The van der Waals surface area contributed by atoms with E-state index in [1.54, 1.807) is 26.0 Å². The van der Waals surface area contributed by atoms with Crippen LogP contribution in [0.25, 0.3) is 0 Å². The van der Waals surface area contributed by atoms with Crippen LogP contribution in [-0.4, -0.2) is 17.5 Å². The van der Waals surface area contributed by atoms with E-state index in [9.17, 15) is 20.2 Å². The average molecular weight is 315 g/mol. The maximum Gasteiger partial charge on any atom is 0.658 e. The summed E-state index contributed by atoms with van der Waals surface area (Å²) in [6.07, 6.45) is 0. The molecule has 0 fully saturated rings. The molecule has 8 nitrogen and oxygen atoms in total. The third kappa shape index (κ3) is 3.97. The predicted molar refractivity (Wildman–Crippen MR) is 82.7 cm³/mol. The molecule has 0 aliphatic heterocycles. The molecule has 0 aliphatic rings. The van der Waals surface area contributed by atoms with E-state index >= 15 is 0 Å². The second-order valence-corrected chi connectivity index (χ2v) is 4.79. The fourth-order valence-corrected chi connectivity index (χ4v) is 1.87. The number of benzene rings is 2. The first-order valence-electron chi connectivity index (χ1n) is 6.53. The number of hydrogen-bond acceptors (Lipinski definition) is 6. The minimum Gasteiger partial charge on any atom is -0.521 e. The Morgan fingerprint density at radius 3 is 1.57 bits per heavy atom. The Kier molecular flexibility index (Phi) is 4.80. The Bertz CT molecular complexity index is 701. The van der Waals surface area contributed by atoms with E-state index in [1.165, 1.54) is 24.3 Å². The van der Waals surface area contributed by atoms with Crippen molar-refractivity contribution < 1.29 is 19.2 Å². The Balaban J connectivity index is 2.12. The SMILES string of the molecule is Cc1ccc(O[B]Oc2ccc(C)cc2[N+](=O)[O-])c([N+](=O)[O-])c1. The summed E-state index contributed by atoms with van der Waals surface area (Å²) in [7, 11) is 0.829. The van der Waals surface area contributed by atoms with Gasteiger partial charge in [0, 0.05) is 12.1 Å². The van der Waals surface area contributed by atoms with E-state index in [4.69, 9.17) is 9.31 Å². The smallest absolute Gasteiger partial charge is 0.521 e. The summed E-state index contributed by atoms with van der Waals surface area (Å²) < 4.78 is 10.2. The third-order valence-electron chi connectivity index (χ3n) is 2.97. The van der Waals surface area contributed by atoms with Crippen LogP contribution in [0.4, 0.5) is 11.4 Å². The van der Waals surface area contributed by atoms with Gasteiger partial charge in [-0.3, -0.25) is 20.2 Å². The highest BCUT2D eigenvalue weighted by Gasteiger charge is 2.19. The van der Waals surface area contributed by atoms with Gasteiger partial charge in [0.1, 0.15) is 0 Å². The molecule has 0 atom stereocenters. The topological polar surface area (TPSA) is 105 Å². The van der Waals surface area contributed by atoms with Crippen LogP contribution >= 0.6 is 0 Å². The Labute approximate surface area is 132 Å². The zero-order chi connectivity index (χ0) is 17.0. The van der Waals surface area contributed by atoms with Crippen molar-refractivity contribution in [2.45, 2.75) is 13.8 Å². The van der Waals surface area contributed by atoms with E-state index in [2.05, 4.69) is 0 Å². The van der Waals surface area contributed by atoms with Gasteiger partial charge in [-0.05, 0) is 37.1 Å². The lowest BCUT2D eigenvalue weighted by molar-refractivity contribution is -0.385. The molecule has 9 heteroatoms. The molecule has 117 valence electrons. The second kappa shape index (κ2) is 6.78. The van der Waals surface area contributed by atoms with Crippen LogP contribution in [0, 0.1) is 34.1 Å². The van der Waals surface area contributed by atoms with Gasteiger partial charge in [0.05, 0.1) is 9.85 Å². The maximum absolute atomic E-state index is 11.0. The van der Waals surface area contributed by atoms with Crippen molar-refractivity contribution >= 4 is 19.1 Å². The standard InChI is InChI=1S/C14H12BN2O6/c1-9-3-5-13(11(7-9)16(18)19)22-15-23-14-6-4-10(2)8-12(14)17(20)21/h3-8H,1-2H3. The summed E-state index contributed by atoms with van der Waals surface area (Å²) in [5.74, 6) is -0.0364. The first-order valence-corrected chi connectivity index (χ1v) is 6.53. The first-order chi connectivity index (χ1) is 10.9. The largest absolute Gasteiger partial charge is 0.658 e. The predicted octanol–water partition coefficient (Wildman–Crippen LogP) is 3.11. The fourth-order valence-electron chi connectivity index (χ4n) is 1.87. The molecule has 0 bridgehead atoms. The van der Waals surface area contributed by atoms with Gasteiger partial charge in [0.25, 0.3) is 0 Å². The molecule has 0 aromatic heterocycles. The summed E-state index contributed by atoms with van der Waals surface area (Å²) in [5, 5.41) is 21.9. The molecule has 0 N–H and O–H groups in total. The van der Waals surface area contributed by atoms with E-state index in [-0.39, 0.29) is 22.9 Å². The van der Waals surface area contributed by atoms with Crippen molar-refractivity contribution in [3.8, 4) is 11.5 Å². The summed E-state index contributed by atoms with van der Waals surface area (Å²) >= 11 is 0. The molecule has 0 saturated carbocycles. The third-order valence-corrected chi connectivity index (χ3v) is 2.97. The molecule has 23 heavy (non-hydrogen) atoms. The van der Waals surface area contributed by atoms with Crippen molar-refractivity contribution in [3.63, 3.8) is 0 Å². The fraction of sp³-hybridized carbons (Fsp3) is 0.143. The van der Waals surface area contributed by atoms with Crippen LogP contribution in [0.3, 0.4) is 0 Å². The number of nitrogens with zero attached hydrogens (tertiary/aromatic N) is 2. The quantitative estimate of drug-likeness (QED) is 0.461. The van der Waals surface area contributed by atoms with Gasteiger partial charge in [0.15, 0.2) is 11.5 Å². The summed E-state index contributed by atoms with van der Waals surface area (Å²) in [5.41, 5.74) is 0.977. The number of aryl methyl sites for hydroxylation is 2. The van der Waals surface area contributed by atoms with Gasteiger partial charge in [0.2, 0.25) is 0 Å². The molecule has 0 unspecified atom stereocenters. The molecule has 0 amide bonds. The van der Waals surface area contributed by atoms with Crippen LogP contribution < -0.4 is 9.31 Å². The molecular weight excluding hydrogens is 303 g/mol. The minimum atomic E-state index is -0.579. The highest BCUT2D eigenvalue weighted by molar-refractivity contribution is 6.21. The summed E-state index contributed by atoms with van der Waals surface area (Å²) in [4.78, 5) is 20.8. The van der Waals surface area contributed by atoms with Crippen LogP contribution in [0.2, 0.25) is 0 Å². The van der Waals surface area contributed by atoms with Crippen molar-refractivity contribution in [2.24, 2.45) is 0 Å². The molecular formula is C14H12BN2O6. The second-order valence-electron chi connectivity index (χ2n) is 4.79. The Morgan fingerprint density at radius 2 is 1.22 bits per heavy atom. The van der Waals surface area contributed by atoms with E-state index in [0.717, 1.165) is 7.69 Å². The average Bonchev–Trinajstić information content (AvgIpc) is 2.49. The number of hydrogen-bond donors (Lipinski definition) is 0. The maximum atomic E-state index is 11.0. The van der Waals surface area contributed by atoms with E-state index in [1.807, 2.05) is 0 Å². The van der Waals surface area contributed by atoms with Crippen molar-refractivity contribution in [1.29, 1.82) is 0 Å². The zero-order valence-corrected chi connectivity index (χ0v) is 12.4. The molecule has 0 saturated heterocycles. The lowest BCUT2D eigenvalue weighted by Crippen LogP contribution is -2.13. The Hall–Kier alpha value is -3.10. The summed E-state index contributed by atoms with van der Waals surface area (Å²) in [6.45, 7) is 3.43. The van der Waals surface area contributed by atoms with Gasteiger partial charge in [-0.1, -0.05) is 12.1 Å². The van der Waals surface area contributed by atoms with Crippen molar-refractivity contribution in [2.75, 3.05) is 0 Å². The molecule has 0 heterocycles.